The lowest BCUT2D eigenvalue weighted by atomic mass is 10.1. The molecule has 3 aromatic heterocycles. The predicted molar refractivity (Wildman–Crippen MR) is 176 cm³/mol. The summed E-state index contributed by atoms with van der Waals surface area (Å²) in [4.78, 5) is 52.7. The number of nitrogens with one attached hydrogen (secondary N) is 1. The highest BCUT2D eigenvalue weighted by Crippen LogP contribution is 2.42. The maximum Gasteiger partial charge on any atom is 0.512 e. The van der Waals surface area contributed by atoms with Gasteiger partial charge in [0.25, 0.3) is 11.8 Å². The van der Waals surface area contributed by atoms with Crippen LogP contribution in [-0.4, -0.2) is 101 Å². The molecule has 6 rings (SSSR count). The van der Waals surface area contributed by atoms with Gasteiger partial charge in [0.2, 0.25) is 21.7 Å². The molecule has 1 fully saturated rings. The summed E-state index contributed by atoms with van der Waals surface area (Å²) in [6, 6.07) is 5.28. The van der Waals surface area contributed by atoms with Gasteiger partial charge in [0, 0.05) is 40.3 Å². The zero-order valence-electron chi connectivity index (χ0n) is 24.9. The summed E-state index contributed by atoms with van der Waals surface area (Å²) in [6.07, 6.45) is -0.0152. The third-order valence-electron chi connectivity index (χ3n) is 6.96. The molecule has 4 aromatic rings. The van der Waals surface area contributed by atoms with E-state index in [-0.39, 0.29) is 33.1 Å². The number of oxime groups is 1. The van der Waals surface area contributed by atoms with Crippen LogP contribution >= 0.6 is 34.9 Å². The molecule has 0 spiro atoms. The second-order valence-corrected chi connectivity index (χ2v) is 15.2. The summed E-state index contributed by atoms with van der Waals surface area (Å²) in [7, 11) is -4.21. The molecule has 0 aliphatic carbocycles. The Bertz CT molecular complexity index is 2170. The number of fused-ring (bicyclic) bond motifs is 2. The molecule has 0 bridgehead atoms. The van der Waals surface area contributed by atoms with E-state index in [1.54, 1.807) is 16.8 Å². The molecule has 22 heteroatoms. The Morgan fingerprint density at radius 3 is 2.71 bits per heavy atom. The van der Waals surface area contributed by atoms with Gasteiger partial charge in [0.05, 0.1) is 11.1 Å². The average Bonchev–Trinajstić information content (AvgIpc) is 3.70. The van der Waals surface area contributed by atoms with E-state index in [4.69, 9.17) is 15.3 Å². The Hall–Kier alpha value is -5.06. The highest BCUT2D eigenvalue weighted by atomic mass is 32.2. The number of carbonyl (C=O) groups excluding carboxylic acids is 2. The largest absolute Gasteiger partial charge is 0.512 e. The molecule has 0 unspecified atom stereocenters. The van der Waals surface area contributed by atoms with E-state index in [1.807, 2.05) is 13.0 Å². The quantitative estimate of drug-likeness (QED) is 0.0278. The fourth-order valence-electron chi connectivity index (χ4n) is 4.71. The maximum absolute atomic E-state index is 13.4. The molecule has 0 saturated carbocycles. The molecule has 49 heavy (non-hydrogen) atoms. The van der Waals surface area contributed by atoms with Crippen LogP contribution in [-0.2, 0) is 29.0 Å². The number of carboxylic acid groups (broad SMARTS) is 1. The molecule has 2 aliphatic heterocycles. The summed E-state index contributed by atoms with van der Waals surface area (Å²) in [5.41, 5.74) is 7.09. The van der Waals surface area contributed by atoms with Crippen molar-refractivity contribution in [2.45, 2.75) is 28.3 Å². The van der Waals surface area contributed by atoms with Crippen molar-refractivity contribution in [2.75, 3.05) is 23.2 Å². The zero-order chi connectivity index (χ0) is 35.0. The molecule has 5 heterocycles. The number of nitrogens with zero attached hydrogens (tertiary/aromatic N) is 6. The standard InChI is InChI=1S/C27H24N8O10S4/c1-12-6-19(35-18(30-12)4-5-29-35)46-8-13-9-47-25-21(23(39)34(25)24(13)45-27(40)41)32-22(38)20(15-10-48-26(28)31-15)33-44-11-49(42,43)14-2-3-16(36)17(37)7-14/h2-7,10,21,25,36-37H,8-9,11H2,1H3,(H2,28,31)(H,32,38)(H,40,41)/b33-20-/t21-,25-/m1/s1. The molecule has 1 aromatic carbocycles. The van der Waals surface area contributed by atoms with Gasteiger partial charge in [-0.25, -0.2) is 27.7 Å². The molecule has 1 saturated heterocycles. The number of thiazole rings is 1. The van der Waals surface area contributed by atoms with Crippen molar-refractivity contribution < 1.29 is 47.7 Å². The Kier molecular flexibility index (Phi) is 9.28. The summed E-state index contributed by atoms with van der Waals surface area (Å²) in [5, 5.41) is 40.6. The number of β-lactam (4-membered cyclic amide) rings is 1. The predicted octanol–water partition coefficient (Wildman–Crippen LogP) is 1.74. The van der Waals surface area contributed by atoms with Crippen LogP contribution in [0.2, 0.25) is 0 Å². The van der Waals surface area contributed by atoms with Crippen LogP contribution in [0, 0.1) is 6.92 Å². The number of ether oxygens (including phenoxy) is 1. The molecule has 2 aliphatic rings. The molecule has 2 atom stereocenters. The molecule has 6 N–H and O–H groups in total. The van der Waals surface area contributed by atoms with Crippen molar-refractivity contribution in [1.29, 1.82) is 0 Å². The Balaban J connectivity index is 1.18. The van der Waals surface area contributed by atoms with Gasteiger partial charge < -0.3 is 35.9 Å². The van der Waals surface area contributed by atoms with Crippen molar-refractivity contribution in [1.82, 2.24) is 29.8 Å². The van der Waals surface area contributed by atoms with Crippen LogP contribution < -0.4 is 11.1 Å². The van der Waals surface area contributed by atoms with Crippen LogP contribution in [0.3, 0.4) is 0 Å². The van der Waals surface area contributed by atoms with Crippen LogP contribution in [0.4, 0.5) is 9.93 Å². The number of amides is 2. The maximum atomic E-state index is 13.4. The summed E-state index contributed by atoms with van der Waals surface area (Å²) in [6.45, 7) is 1.83. The minimum Gasteiger partial charge on any atom is -0.504 e. The van der Waals surface area contributed by atoms with Crippen molar-refractivity contribution >= 4 is 79.2 Å². The first-order valence-corrected chi connectivity index (χ1v) is 18.4. The zero-order valence-corrected chi connectivity index (χ0v) is 28.2. The van der Waals surface area contributed by atoms with Gasteiger partial charge in [0.15, 0.2) is 28.0 Å². The molecule has 18 nitrogen and oxygen atoms in total. The van der Waals surface area contributed by atoms with Gasteiger partial charge in [-0.1, -0.05) is 5.16 Å². The second-order valence-electron chi connectivity index (χ2n) is 10.3. The van der Waals surface area contributed by atoms with Gasteiger partial charge >= 0.3 is 6.16 Å². The molecular weight excluding hydrogens is 725 g/mol. The number of hydrogen-bond donors (Lipinski definition) is 5. The van der Waals surface area contributed by atoms with Gasteiger partial charge in [0.1, 0.15) is 22.1 Å². The smallest absolute Gasteiger partial charge is 0.504 e. The highest BCUT2D eigenvalue weighted by Gasteiger charge is 2.54. The monoisotopic (exact) mass is 748 g/mol. The van der Waals surface area contributed by atoms with Gasteiger partial charge in [-0.3, -0.25) is 14.5 Å². The van der Waals surface area contributed by atoms with Crippen molar-refractivity contribution in [3.8, 4) is 11.5 Å². The first-order valence-electron chi connectivity index (χ1n) is 13.8. The lowest BCUT2D eigenvalue weighted by Crippen LogP contribution is -2.70. The number of carbonyl (C=O) groups is 3. The number of phenolic OH excluding ortho intramolecular Hbond substituents is 2. The number of nitrogen functional groups attached to an aromatic ring is 1. The third kappa shape index (κ3) is 6.93. The number of hydrogen-bond acceptors (Lipinski definition) is 17. The van der Waals surface area contributed by atoms with Crippen LogP contribution in [0.1, 0.15) is 11.4 Å². The Morgan fingerprint density at radius 1 is 1.20 bits per heavy atom. The molecule has 256 valence electrons. The first-order chi connectivity index (χ1) is 23.3. The number of rotatable bonds is 11. The number of nitrogens with two attached hydrogens (primary N) is 1. The van der Waals surface area contributed by atoms with Crippen molar-refractivity contribution in [3.05, 3.63) is 64.8 Å². The van der Waals surface area contributed by atoms with E-state index in [9.17, 15) is 38.1 Å². The number of phenols is 2. The van der Waals surface area contributed by atoms with Gasteiger partial charge in [-0.2, -0.15) is 5.10 Å². The second kappa shape index (κ2) is 13.4. The fraction of sp³-hybridized carbons (Fsp3) is 0.222. The minimum atomic E-state index is -4.21. The lowest BCUT2D eigenvalue weighted by molar-refractivity contribution is -0.148. The highest BCUT2D eigenvalue weighted by molar-refractivity contribution is 8.01. The molecular formula is C27H24N8O10S4. The SMILES string of the molecule is Cc1cc(SCC2=C(OC(=O)O)N3C(=O)[C@@H](NC(=O)/C(=N\OCS(=O)(=O)c4ccc(O)c(O)c4)c4csc(N)n4)[C@H]3SC2)n2nccc2n1. The van der Waals surface area contributed by atoms with E-state index < -0.39 is 62.4 Å². The van der Waals surface area contributed by atoms with E-state index in [0.29, 0.717) is 11.2 Å². The normalized spacial score (nSPS) is 17.9. The summed E-state index contributed by atoms with van der Waals surface area (Å²) < 4.78 is 32.1. The van der Waals surface area contributed by atoms with Crippen molar-refractivity contribution in [2.24, 2.45) is 5.16 Å². The van der Waals surface area contributed by atoms with Crippen LogP contribution in [0.15, 0.2) is 68.4 Å². The van der Waals surface area contributed by atoms with Crippen molar-refractivity contribution in [3.63, 3.8) is 0 Å². The summed E-state index contributed by atoms with van der Waals surface area (Å²) in [5.74, 6) is -3.50. The lowest BCUT2D eigenvalue weighted by Gasteiger charge is -2.49. The number of sulfone groups is 1. The van der Waals surface area contributed by atoms with E-state index in [1.165, 1.54) is 28.9 Å². The molecule has 2 amide bonds. The van der Waals surface area contributed by atoms with Crippen LogP contribution in [0.25, 0.3) is 5.65 Å². The van der Waals surface area contributed by atoms with Crippen LogP contribution in [0.5, 0.6) is 11.5 Å². The number of aryl methyl sites for hydroxylation is 1. The molecule has 0 radical (unpaired) electrons. The third-order valence-corrected chi connectivity index (χ3v) is 11.4. The number of thioether (sulfide) groups is 2. The topological polar surface area (TPSA) is 261 Å². The Morgan fingerprint density at radius 2 is 2.00 bits per heavy atom. The fourth-order valence-corrected chi connectivity index (χ4v) is 8.67. The number of aromatic nitrogens is 4. The Labute approximate surface area is 288 Å². The number of aromatic hydroxyl groups is 2. The van der Waals surface area contributed by atoms with Gasteiger partial charge in [-0.15, -0.1) is 34.9 Å². The number of anilines is 1. The summed E-state index contributed by atoms with van der Waals surface area (Å²) >= 11 is 3.60. The average molecular weight is 749 g/mol. The van der Waals surface area contributed by atoms with E-state index in [2.05, 4.69) is 25.5 Å². The first kappa shape index (κ1) is 33.8. The van der Waals surface area contributed by atoms with Gasteiger partial charge in [-0.05, 0) is 25.1 Å². The minimum absolute atomic E-state index is 0.0636. The van der Waals surface area contributed by atoms with E-state index in [0.717, 1.165) is 45.2 Å². The number of benzene rings is 1. The van der Waals surface area contributed by atoms with E-state index >= 15 is 0 Å².